The molecular formula is C20H24Cl2N4O. The lowest BCUT2D eigenvalue weighted by Crippen LogP contribution is -2.38. The first-order valence-corrected chi connectivity index (χ1v) is 9.90. The van der Waals surface area contributed by atoms with Crippen LogP contribution in [0.25, 0.3) is 5.69 Å². The SMILES string of the molecule is Cc1cc(/C=N\NC(=O)CN2CCCCC2)c(C)n1-c1cc(Cl)ccc1Cl. The minimum absolute atomic E-state index is 0.0835. The van der Waals surface area contributed by atoms with Gasteiger partial charge in [0.2, 0.25) is 0 Å². The van der Waals surface area contributed by atoms with Crippen molar-refractivity contribution >= 4 is 35.3 Å². The monoisotopic (exact) mass is 406 g/mol. The van der Waals surface area contributed by atoms with Crippen molar-refractivity contribution in [3.63, 3.8) is 0 Å². The van der Waals surface area contributed by atoms with Crippen molar-refractivity contribution in [3.05, 3.63) is 51.3 Å². The molecule has 0 bridgehead atoms. The van der Waals surface area contributed by atoms with Crippen LogP contribution in [0.3, 0.4) is 0 Å². The van der Waals surface area contributed by atoms with Crippen LogP contribution >= 0.6 is 23.2 Å². The smallest absolute Gasteiger partial charge is 0.254 e. The van der Waals surface area contributed by atoms with E-state index in [0.717, 1.165) is 48.6 Å². The Hall–Kier alpha value is -1.82. The molecule has 1 aliphatic rings. The van der Waals surface area contributed by atoms with E-state index in [0.29, 0.717) is 16.6 Å². The van der Waals surface area contributed by atoms with Gasteiger partial charge in [-0.3, -0.25) is 9.69 Å². The quantitative estimate of drug-likeness (QED) is 0.592. The topological polar surface area (TPSA) is 49.6 Å². The van der Waals surface area contributed by atoms with Crippen molar-refractivity contribution in [2.24, 2.45) is 5.10 Å². The molecule has 0 spiro atoms. The molecular weight excluding hydrogens is 383 g/mol. The number of aryl methyl sites for hydroxylation is 1. The number of aromatic nitrogens is 1. The minimum atomic E-state index is -0.0835. The number of piperidine rings is 1. The molecule has 0 saturated carbocycles. The molecule has 1 aliphatic heterocycles. The second-order valence-corrected chi connectivity index (χ2v) is 7.73. The molecule has 5 nitrogen and oxygen atoms in total. The summed E-state index contributed by atoms with van der Waals surface area (Å²) in [5.74, 6) is -0.0835. The number of halogens is 2. The molecule has 1 saturated heterocycles. The van der Waals surface area contributed by atoms with Gasteiger partial charge < -0.3 is 4.57 Å². The third-order valence-corrected chi connectivity index (χ3v) is 5.38. The fourth-order valence-electron chi connectivity index (χ4n) is 3.48. The van der Waals surface area contributed by atoms with Crippen LogP contribution < -0.4 is 5.43 Å². The fraction of sp³-hybridized carbons (Fsp3) is 0.400. The summed E-state index contributed by atoms with van der Waals surface area (Å²) in [4.78, 5) is 14.2. The van der Waals surface area contributed by atoms with E-state index in [9.17, 15) is 4.79 Å². The maximum Gasteiger partial charge on any atom is 0.254 e. The van der Waals surface area contributed by atoms with Crippen LogP contribution in [-0.4, -0.2) is 41.2 Å². The Morgan fingerprint density at radius 3 is 2.67 bits per heavy atom. The molecule has 0 radical (unpaired) electrons. The number of carbonyl (C=O) groups excluding carboxylic acids is 1. The Bertz CT molecular complexity index is 854. The number of hydrogen-bond acceptors (Lipinski definition) is 3. The Morgan fingerprint density at radius 2 is 1.93 bits per heavy atom. The van der Waals surface area contributed by atoms with E-state index in [2.05, 4.69) is 15.4 Å². The van der Waals surface area contributed by atoms with Crippen LogP contribution in [0.5, 0.6) is 0 Å². The molecule has 3 rings (SSSR count). The van der Waals surface area contributed by atoms with E-state index in [1.807, 2.05) is 30.5 Å². The van der Waals surface area contributed by atoms with Gasteiger partial charge in [0.15, 0.2) is 0 Å². The van der Waals surface area contributed by atoms with Gasteiger partial charge in [0, 0.05) is 22.0 Å². The van der Waals surface area contributed by atoms with E-state index in [1.165, 1.54) is 6.42 Å². The summed E-state index contributed by atoms with van der Waals surface area (Å²) in [6, 6.07) is 7.40. The third-order valence-electron chi connectivity index (χ3n) is 4.83. The molecule has 0 atom stereocenters. The number of carbonyl (C=O) groups is 1. The highest BCUT2D eigenvalue weighted by atomic mass is 35.5. The number of amides is 1. The van der Waals surface area contributed by atoms with E-state index in [4.69, 9.17) is 23.2 Å². The van der Waals surface area contributed by atoms with E-state index >= 15 is 0 Å². The summed E-state index contributed by atoms with van der Waals surface area (Å²) >= 11 is 12.5. The Morgan fingerprint density at radius 1 is 1.19 bits per heavy atom. The maximum absolute atomic E-state index is 12.1. The highest BCUT2D eigenvalue weighted by Crippen LogP contribution is 2.28. The normalized spacial score (nSPS) is 15.4. The van der Waals surface area contributed by atoms with Gasteiger partial charge >= 0.3 is 0 Å². The first-order chi connectivity index (χ1) is 13.0. The van der Waals surface area contributed by atoms with Crippen LogP contribution in [0, 0.1) is 13.8 Å². The van der Waals surface area contributed by atoms with Crippen LogP contribution in [0.2, 0.25) is 10.0 Å². The van der Waals surface area contributed by atoms with Crippen molar-refractivity contribution in [3.8, 4) is 5.69 Å². The van der Waals surface area contributed by atoms with Gasteiger partial charge in [-0.05, 0) is 64.0 Å². The van der Waals surface area contributed by atoms with Gasteiger partial charge in [-0.2, -0.15) is 5.10 Å². The highest BCUT2D eigenvalue weighted by Gasteiger charge is 2.14. The van der Waals surface area contributed by atoms with Crippen molar-refractivity contribution in [1.82, 2.24) is 14.9 Å². The average molecular weight is 407 g/mol. The molecule has 1 N–H and O–H groups in total. The van der Waals surface area contributed by atoms with Crippen molar-refractivity contribution in [2.45, 2.75) is 33.1 Å². The molecule has 1 aromatic heterocycles. The molecule has 0 aliphatic carbocycles. The second kappa shape index (κ2) is 8.91. The molecule has 1 fully saturated rings. The van der Waals surface area contributed by atoms with Gasteiger partial charge in [0.1, 0.15) is 0 Å². The summed E-state index contributed by atoms with van der Waals surface area (Å²) in [6.45, 7) is 6.35. The second-order valence-electron chi connectivity index (χ2n) is 6.89. The van der Waals surface area contributed by atoms with Crippen molar-refractivity contribution < 1.29 is 4.79 Å². The first kappa shape index (κ1) is 19.9. The van der Waals surface area contributed by atoms with E-state index in [-0.39, 0.29) is 5.91 Å². The van der Waals surface area contributed by atoms with E-state index in [1.54, 1.807) is 18.3 Å². The van der Waals surface area contributed by atoms with Gasteiger partial charge in [-0.1, -0.05) is 29.6 Å². The summed E-state index contributed by atoms with van der Waals surface area (Å²) in [5.41, 5.74) is 6.36. The lowest BCUT2D eigenvalue weighted by molar-refractivity contribution is -0.122. The minimum Gasteiger partial charge on any atom is -0.316 e. The molecule has 0 unspecified atom stereocenters. The molecule has 144 valence electrons. The highest BCUT2D eigenvalue weighted by molar-refractivity contribution is 6.34. The van der Waals surface area contributed by atoms with Gasteiger partial charge in [0.05, 0.1) is 23.5 Å². The largest absolute Gasteiger partial charge is 0.316 e. The van der Waals surface area contributed by atoms with Gasteiger partial charge in [0.25, 0.3) is 5.91 Å². The average Bonchev–Trinajstić information content (AvgIpc) is 2.92. The zero-order valence-corrected chi connectivity index (χ0v) is 17.1. The Labute approximate surface area is 169 Å². The van der Waals surface area contributed by atoms with Crippen molar-refractivity contribution in [1.29, 1.82) is 0 Å². The molecule has 1 aromatic carbocycles. The lowest BCUT2D eigenvalue weighted by atomic mass is 10.1. The standard InChI is InChI=1S/C20H24Cl2N4O/c1-14-10-16(12-23-24-20(27)13-25-8-4-3-5-9-25)15(2)26(14)19-11-17(21)6-7-18(19)22/h6-7,10-12H,3-5,8-9,13H2,1-2H3,(H,24,27)/b23-12-. The van der Waals surface area contributed by atoms with Gasteiger partial charge in [-0.15, -0.1) is 0 Å². The molecule has 2 aromatic rings. The van der Waals surface area contributed by atoms with Crippen LogP contribution in [-0.2, 0) is 4.79 Å². The third kappa shape index (κ3) is 4.92. The predicted octanol–water partition coefficient (Wildman–Crippen LogP) is 4.34. The molecule has 27 heavy (non-hydrogen) atoms. The summed E-state index contributed by atoms with van der Waals surface area (Å²) in [6.07, 6.45) is 5.25. The number of hydrazone groups is 1. The molecule has 7 heteroatoms. The first-order valence-electron chi connectivity index (χ1n) is 9.14. The number of hydrogen-bond donors (Lipinski definition) is 1. The molecule has 1 amide bonds. The Balaban J connectivity index is 1.70. The number of nitrogens with zero attached hydrogens (tertiary/aromatic N) is 3. The zero-order valence-electron chi connectivity index (χ0n) is 15.6. The number of likely N-dealkylation sites (tertiary alicyclic amines) is 1. The number of nitrogens with one attached hydrogen (secondary N) is 1. The maximum atomic E-state index is 12.1. The van der Waals surface area contributed by atoms with Crippen LogP contribution in [0.1, 0.15) is 36.2 Å². The van der Waals surface area contributed by atoms with Gasteiger partial charge in [-0.25, -0.2) is 5.43 Å². The molecule has 2 heterocycles. The zero-order chi connectivity index (χ0) is 19.4. The fourth-order valence-corrected chi connectivity index (χ4v) is 3.84. The number of benzene rings is 1. The van der Waals surface area contributed by atoms with Crippen LogP contribution in [0.15, 0.2) is 29.4 Å². The summed E-state index contributed by atoms with van der Waals surface area (Å²) < 4.78 is 2.03. The van der Waals surface area contributed by atoms with Crippen LogP contribution in [0.4, 0.5) is 0 Å². The van der Waals surface area contributed by atoms with E-state index < -0.39 is 0 Å². The number of rotatable bonds is 5. The lowest BCUT2D eigenvalue weighted by Gasteiger charge is -2.25. The van der Waals surface area contributed by atoms with Crippen molar-refractivity contribution in [2.75, 3.05) is 19.6 Å². The predicted molar refractivity (Wildman–Crippen MR) is 111 cm³/mol. The summed E-state index contributed by atoms with van der Waals surface area (Å²) in [5, 5.41) is 5.38. The summed E-state index contributed by atoms with van der Waals surface area (Å²) in [7, 11) is 0. The Kier molecular flexibility index (Phi) is 6.58.